The predicted molar refractivity (Wildman–Crippen MR) is 218 cm³/mol. The fraction of sp³-hybridized carbons (Fsp3) is 0.229. The number of hydrogen-bond acceptors (Lipinski definition) is 14. The average molecular weight is 1020 g/mol. The number of sulfonamides is 3. The molecule has 26 heteroatoms. The minimum absolute atomic E-state index is 0. The molecule has 0 aliphatic carbocycles. The number of benzene rings is 3. The summed E-state index contributed by atoms with van der Waals surface area (Å²) in [5.74, 6) is -5.46. The summed E-state index contributed by atoms with van der Waals surface area (Å²) in [5.41, 5.74) is -1.58. The van der Waals surface area contributed by atoms with Gasteiger partial charge in [0.15, 0.2) is 50.2 Å². The summed E-state index contributed by atoms with van der Waals surface area (Å²) in [6.45, 7) is 10.3. The van der Waals surface area contributed by atoms with Crippen LogP contribution in [0.5, 0.6) is 11.5 Å². The van der Waals surface area contributed by atoms with E-state index in [0.29, 0.717) is 11.2 Å². The van der Waals surface area contributed by atoms with Gasteiger partial charge in [0.1, 0.15) is 0 Å². The number of phenols is 2. The smallest absolute Gasteiger partial charge is 0.266 e. The number of rotatable bonds is 9. The maximum Gasteiger partial charge on any atom is 0.266 e. The van der Waals surface area contributed by atoms with E-state index in [9.17, 15) is 47.9 Å². The van der Waals surface area contributed by atoms with E-state index in [4.69, 9.17) is 5.11 Å². The van der Waals surface area contributed by atoms with Gasteiger partial charge in [-0.05, 0) is 96.1 Å². The van der Waals surface area contributed by atoms with Crippen LogP contribution in [-0.4, -0.2) is 61.5 Å². The first-order valence-corrected chi connectivity index (χ1v) is 23.5. The third-order valence-electron chi connectivity index (χ3n) is 7.17. The molecule has 0 fully saturated rings. The molecule has 0 bridgehead atoms. The Kier molecular flexibility index (Phi) is 19.8. The molecule has 61 heavy (non-hydrogen) atoms. The van der Waals surface area contributed by atoms with Gasteiger partial charge in [-0.25, -0.2) is 66.4 Å². The normalized spacial score (nSPS) is 11.7. The number of thiazole rings is 3. The number of aromatic nitrogens is 3. The molecular formula is C35H36Ar2F4N6O8S6. The number of aromatic hydroxyl groups is 2. The number of nitrogens with one attached hydrogen (secondary N) is 1. The van der Waals surface area contributed by atoms with Gasteiger partial charge in [-0.2, -0.15) is 0 Å². The summed E-state index contributed by atoms with van der Waals surface area (Å²) < 4.78 is 132. The van der Waals surface area contributed by atoms with Crippen LogP contribution in [0.4, 0.5) is 33.0 Å². The van der Waals surface area contributed by atoms with Gasteiger partial charge < -0.3 is 10.2 Å². The number of nitrogens with zero attached hydrogens (tertiary/aromatic N) is 5. The van der Waals surface area contributed by atoms with Gasteiger partial charge in [0, 0.05) is 110 Å². The number of phenolic OH excluding ortho intramolecular Hbond substituents is 2. The minimum atomic E-state index is -4.05. The van der Waals surface area contributed by atoms with E-state index in [-0.39, 0.29) is 100 Å². The zero-order valence-electron chi connectivity index (χ0n) is 32.4. The van der Waals surface area contributed by atoms with E-state index in [1.807, 2.05) is 0 Å². The third kappa shape index (κ3) is 14.1. The van der Waals surface area contributed by atoms with Crippen molar-refractivity contribution < 1.29 is 129 Å². The van der Waals surface area contributed by atoms with Gasteiger partial charge in [-0.3, -0.25) is 4.72 Å². The van der Waals surface area contributed by atoms with Crippen LogP contribution in [0.1, 0.15) is 41.5 Å². The molecule has 334 valence electrons. The van der Waals surface area contributed by atoms with E-state index in [1.165, 1.54) is 36.0 Å². The summed E-state index contributed by atoms with van der Waals surface area (Å²) in [6.07, 6.45) is 4.44. The molecule has 0 spiro atoms. The summed E-state index contributed by atoms with van der Waals surface area (Å²) in [6, 6.07) is 8.33. The molecule has 3 heterocycles. The SMILES string of the molecule is CC(C)(C)N(c1nccs1)S(=O)(=O)c1ccc(F)c(F)c1.CC(C)(C)N(c1nccs1)S(=O)(=O)c1ccc(O)c(F)c1.O=S(=O)(Nc1nccs1)c1ccc(O)c(F)c1.[Ar].[Ar]. The topological polar surface area (TPSA) is 200 Å². The second-order valence-electron chi connectivity index (χ2n) is 13.8. The summed E-state index contributed by atoms with van der Waals surface area (Å²) in [5, 5.41) is 23.9. The zero-order chi connectivity index (χ0) is 44.1. The van der Waals surface area contributed by atoms with Gasteiger partial charge in [-0.15, -0.1) is 34.0 Å². The second kappa shape index (κ2) is 22.0. The molecule has 3 aromatic carbocycles. The molecule has 0 saturated carbocycles. The van der Waals surface area contributed by atoms with Crippen molar-refractivity contribution >= 4 is 79.5 Å². The van der Waals surface area contributed by atoms with Crippen LogP contribution in [0.15, 0.2) is 104 Å². The summed E-state index contributed by atoms with van der Waals surface area (Å²) >= 11 is 3.44. The van der Waals surface area contributed by atoms with Crippen LogP contribution in [0.2, 0.25) is 0 Å². The molecule has 0 aliphatic heterocycles. The zero-order valence-corrected chi connectivity index (χ0v) is 38.7. The quantitative estimate of drug-likeness (QED) is 0.118. The molecule has 0 atom stereocenters. The molecule has 0 unspecified atom stereocenters. The van der Waals surface area contributed by atoms with Crippen molar-refractivity contribution in [3.8, 4) is 11.5 Å². The molecule has 6 aromatic rings. The van der Waals surface area contributed by atoms with E-state index in [0.717, 1.165) is 73.7 Å². The Bertz CT molecular complexity index is 2580. The number of hydrogen-bond donors (Lipinski definition) is 3. The van der Waals surface area contributed by atoms with Crippen molar-refractivity contribution in [2.24, 2.45) is 0 Å². The third-order valence-corrected chi connectivity index (χ3v) is 15.2. The van der Waals surface area contributed by atoms with Crippen LogP contribution >= 0.6 is 34.0 Å². The Morgan fingerprint density at radius 1 is 0.541 bits per heavy atom. The average Bonchev–Trinajstić information content (AvgIpc) is 3.93. The summed E-state index contributed by atoms with van der Waals surface area (Å²) in [7, 11) is -11.9. The van der Waals surface area contributed by atoms with Crippen LogP contribution in [0.3, 0.4) is 0 Å². The summed E-state index contributed by atoms with van der Waals surface area (Å²) in [4.78, 5) is 11.0. The first kappa shape index (κ1) is 54.8. The largest absolute Gasteiger partial charge is 0.505 e. The molecule has 0 aliphatic rings. The van der Waals surface area contributed by atoms with Crippen molar-refractivity contribution in [2.45, 2.75) is 67.3 Å². The molecule has 3 aromatic heterocycles. The van der Waals surface area contributed by atoms with Crippen LogP contribution in [0, 0.1) is 98.7 Å². The number of halogens is 4. The molecule has 0 radical (unpaired) electrons. The van der Waals surface area contributed by atoms with E-state index < -0.39 is 75.9 Å². The Morgan fingerprint density at radius 2 is 0.918 bits per heavy atom. The van der Waals surface area contributed by atoms with Gasteiger partial charge >= 0.3 is 0 Å². The Morgan fingerprint density at radius 3 is 1.28 bits per heavy atom. The molecule has 0 amide bonds. The van der Waals surface area contributed by atoms with Gasteiger partial charge in [0.25, 0.3) is 30.1 Å². The van der Waals surface area contributed by atoms with Crippen molar-refractivity contribution in [3.05, 3.63) is 113 Å². The number of anilines is 3. The standard InChI is InChI=1S/C13H14F2N2O2S2.C13H15FN2O3S2.C9H7FN2O3S2.2Ar/c1-13(2,3)17(12-16-6-7-20-12)21(18,19)9-4-5-10(14)11(15)8-9;1-13(2,3)16(12-15-6-7-20-12)21(18,19)9-4-5-11(17)10(14)8-9;10-7-5-6(1-2-8(7)13)17(14,15)12-9-11-3-4-16-9;;/h4-8H,1-3H3;4-8,17H,1-3H3;1-5,13H,(H,11,12);;. The molecule has 6 rings (SSSR count). The maximum atomic E-state index is 13.5. The van der Waals surface area contributed by atoms with Crippen LogP contribution < -0.4 is 13.3 Å². The van der Waals surface area contributed by atoms with Crippen LogP contribution in [0.25, 0.3) is 0 Å². The second-order valence-corrected chi connectivity index (χ2v) is 21.7. The van der Waals surface area contributed by atoms with E-state index in [1.54, 1.807) is 57.7 Å². The maximum absolute atomic E-state index is 13.5. The van der Waals surface area contributed by atoms with E-state index in [2.05, 4.69) is 19.7 Å². The molecule has 14 nitrogen and oxygen atoms in total. The van der Waals surface area contributed by atoms with Gasteiger partial charge in [0.05, 0.1) is 25.8 Å². The molecule has 3 N–H and O–H groups in total. The minimum Gasteiger partial charge on any atom is -0.505 e. The van der Waals surface area contributed by atoms with Crippen molar-refractivity contribution in [1.82, 2.24) is 15.0 Å². The van der Waals surface area contributed by atoms with Gasteiger partial charge in [0.2, 0.25) is 0 Å². The Labute approximate surface area is 422 Å². The molecular weight excluding hydrogens is 981 g/mol. The molecule has 0 saturated heterocycles. The predicted octanol–water partition coefficient (Wildman–Crippen LogP) is 8.19. The fourth-order valence-electron chi connectivity index (χ4n) is 4.73. The Hall–Kier alpha value is -2.36. The first-order chi connectivity index (χ1) is 27.3. The Balaban J connectivity index is 0.000000312. The fourth-order valence-corrected chi connectivity index (χ4v) is 12.2. The van der Waals surface area contributed by atoms with Crippen LogP contribution in [-0.2, 0) is 30.1 Å². The van der Waals surface area contributed by atoms with Crippen molar-refractivity contribution in [2.75, 3.05) is 13.3 Å². The van der Waals surface area contributed by atoms with Gasteiger partial charge in [-0.1, -0.05) is 0 Å². The van der Waals surface area contributed by atoms with E-state index >= 15 is 0 Å². The monoisotopic (exact) mass is 1020 g/mol. The van der Waals surface area contributed by atoms with Crippen molar-refractivity contribution in [1.29, 1.82) is 0 Å². The van der Waals surface area contributed by atoms with Crippen molar-refractivity contribution in [3.63, 3.8) is 0 Å². The first-order valence-electron chi connectivity index (χ1n) is 16.5.